The van der Waals surface area contributed by atoms with Crippen LogP contribution in [0.5, 0.6) is 0 Å². The molecule has 1 heterocycles. The van der Waals surface area contributed by atoms with E-state index >= 15 is 0 Å². The average molecular weight is 408 g/mol. The SMILES string of the molecule is Cl.NC[C@H]1CC[C@@H](C(=O)NCc2cccc(NC(=O)c3ccc(F)cc3)c2)O1. The molecule has 0 radical (unpaired) electrons. The van der Waals surface area contributed by atoms with E-state index in [4.69, 9.17) is 10.5 Å². The van der Waals surface area contributed by atoms with E-state index in [-0.39, 0.29) is 30.3 Å². The van der Waals surface area contributed by atoms with Gasteiger partial charge in [0.15, 0.2) is 0 Å². The van der Waals surface area contributed by atoms with Crippen molar-refractivity contribution >= 4 is 29.9 Å². The van der Waals surface area contributed by atoms with Crippen LogP contribution in [0.15, 0.2) is 48.5 Å². The fourth-order valence-electron chi connectivity index (χ4n) is 2.94. The van der Waals surface area contributed by atoms with Gasteiger partial charge in [0.1, 0.15) is 11.9 Å². The van der Waals surface area contributed by atoms with Crippen molar-refractivity contribution in [1.29, 1.82) is 0 Å². The van der Waals surface area contributed by atoms with Gasteiger partial charge in [-0.2, -0.15) is 0 Å². The first-order chi connectivity index (χ1) is 13.0. The summed E-state index contributed by atoms with van der Waals surface area (Å²) >= 11 is 0. The standard InChI is InChI=1S/C20H22FN3O3.ClH/c21-15-6-4-14(5-7-15)19(25)24-16-3-1-2-13(10-16)12-23-20(26)18-9-8-17(11-22)27-18;/h1-7,10,17-18H,8-9,11-12,22H2,(H,23,26)(H,24,25);1H/t17-,18+;/m1./s1. The zero-order valence-electron chi connectivity index (χ0n) is 15.2. The van der Waals surface area contributed by atoms with Gasteiger partial charge in [0.25, 0.3) is 5.91 Å². The van der Waals surface area contributed by atoms with Crippen molar-refractivity contribution in [2.75, 3.05) is 11.9 Å². The molecule has 0 spiro atoms. The third kappa shape index (κ3) is 5.76. The number of ether oxygens (including phenoxy) is 1. The lowest BCUT2D eigenvalue weighted by Gasteiger charge is -2.13. The Morgan fingerprint density at radius 2 is 1.89 bits per heavy atom. The Kier molecular flexibility index (Phi) is 7.92. The molecule has 1 saturated heterocycles. The first-order valence-electron chi connectivity index (χ1n) is 8.84. The molecule has 2 aromatic carbocycles. The van der Waals surface area contributed by atoms with Gasteiger partial charge in [-0.3, -0.25) is 9.59 Å². The van der Waals surface area contributed by atoms with Crippen LogP contribution in [0.4, 0.5) is 10.1 Å². The van der Waals surface area contributed by atoms with Gasteiger partial charge in [0.05, 0.1) is 6.10 Å². The maximum absolute atomic E-state index is 13.0. The van der Waals surface area contributed by atoms with E-state index in [0.29, 0.717) is 30.8 Å². The zero-order chi connectivity index (χ0) is 19.2. The molecule has 8 heteroatoms. The molecule has 28 heavy (non-hydrogen) atoms. The predicted molar refractivity (Wildman–Crippen MR) is 107 cm³/mol. The van der Waals surface area contributed by atoms with Crippen molar-refractivity contribution in [2.45, 2.75) is 31.6 Å². The van der Waals surface area contributed by atoms with Gasteiger partial charge in [-0.25, -0.2) is 4.39 Å². The van der Waals surface area contributed by atoms with Crippen LogP contribution in [0.1, 0.15) is 28.8 Å². The molecule has 150 valence electrons. The first kappa shape index (κ1) is 21.8. The summed E-state index contributed by atoms with van der Waals surface area (Å²) in [5.74, 6) is -0.886. The topological polar surface area (TPSA) is 93.5 Å². The number of halogens is 2. The van der Waals surface area contributed by atoms with E-state index in [9.17, 15) is 14.0 Å². The molecule has 6 nitrogen and oxygen atoms in total. The minimum Gasteiger partial charge on any atom is -0.364 e. The van der Waals surface area contributed by atoms with Gasteiger partial charge >= 0.3 is 0 Å². The lowest BCUT2D eigenvalue weighted by atomic mass is 10.1. The lowest BCUT2D eigenvalue weighted by molar-refractivity contribution is -0.132. The first-order valence-corrected chi connectivity index (χ1v) is 8.84. The molecule has 2 atom stereocenters. The van der Waals surface area contributed by atoms with Crippen LogP contribution in [-0.4, -0.2) is 30.6 Å². The molecule has 1 aliphatic rings. The van der Waals surface area contributed by atoms with Gasteiger partial charge in [-0.1, -0.05) is 12.1 Å². The van der Waals surface area contributed by atoms with Crippen molar-refractivity contribution in [1.82, 2.24) is 5.32 Å². The summed E-state index contributed by atoms with van der Waals surface area (Å²) in [6.07, 6.45) is 0.951. The van der Waals surface area contributed by atoms with E-state index < -0.39 is 11.9 Å². The number of anilines is 1. The Bertz CT molecular complexity index is 817. The molecule has 3 rings (SSSR count). The fraction of sp³-hybridized carbons (Fsp3) is 0.300. The van der Waals surface area contributed by atoms with Gasteiger partial charge in [0.2, 0.25) is 5.91 Å². The molecule has 2 amide bonds. The Labute approximate surface area is 169 Å². The van der Waals surface area contributed by atoms with Crippen LogP contribution in [-0.2, 0) is 16.1 Å². The number of hydrogen-bond acceptors (Lipinski definition) is 4. The maximum Gasteiger partial charge on any atom is 0.255 e. The van der Waals surface area contributed by atoms with Gasteiger partial charge in [-0.15, -0.1) is 12.4 Å². The number of nitrogens with two attached hydrogens (primary N) is 1. The Balaban J connectivity index is 0.00000280. The van der Waals surface area contributed by atoms with Crippen molar-refractivity contribution in [3.63, 3.8) is 0 Å². The second kappa shape index (κ2) is 10.2. The molecule has 1 aliphatic heterocycles. The zero-order valence-corrected chi connectivity index (χ0v) is 16.0. The molecule has 1 fully saturated rings. The van der Waals surface area contributed by atoms with E-state index in [1.54, 1.807) is 18.2 Å². The van der Waals surface area contributed by atoms with Gasteiger partial charge < -0.3 is 21.1 Å². The summed E-state index contributed by atoms with van der Waals surface area (Å²) < 4.78 is 18.5. The smallest absolute Gasteiger partial charge is 0.255 e. The van der Waals surface area contributed by atoms with E-state index in [0.717, 1.165) is 12.0 Å². The summed E-state index contributed by atoms with van der Waals surface area (Å²) in [5.41, 5.74) is 7.36. The third-order valence-electron chi connectivity index (χ3n) is 4.42. The minimum atomic E-state index is -0.458. The molecule has 0 aliphatic carbocycles. The molecule has 0 bridgehead atoms. The molecular formula is C20H23ClFN3O3. The highest BCUT2D eigenvalue weighted by Crippen LogP contribution is 2.19. The van der Waals surface area contributed by atoms with E-state index in [1.165, 1.54) is 24.3 Å². The Morgan fingerprint density at radius 3 is 2.57 bits per heavy atom. The monoisotopic (exact) mass is 407 g/mol. The number of hydrogen-bond donors (Lipinski definition) is 3. The van der Waals surface area contributed by atoms with E-state index in [2.05, 4.69) is 10.6 Å². The molecule has 0 unspecified atom stereocenters. The van der Waals surface area contributed by atoms with Crippen molar-refractivity contribution < 1.29 is 18.7 Å². The highest BCUT2D eigenvalue weighted by Gasteiger charge is 2.29. The second-order valence-corrected chi connectivity index (χ2v) is 6.44. The summed E-state index contributed by atoms with van der Waals surface area (Å²) in [5, 5.41) is 5.61. The Morgan fingerprint density at radius 1 is 1.14 bits per heavy atom. The van der Waals surface area contributed by atoms with Crippen LogP contribution in [0.3, 0.4) is 0 Å². The molecular weight excluding hydrogens is 385 g/mol. The fourth-order valence-corrected chi connectivity index (χ4v) is 2.94. The summed E-state index contributed by atoms with van der Waals surface area (Å²) in [6, 6.07) is 12.5. The van der Waals surface area contributed by atoms with Gasteiger partial charge in [0, 0.05) is 24.3 Å². The number of benzene rings is 2. The summed E-state index contributed by atoms with van der Waals surface area (Å²) in [7, 11) is 0. The molecule has 0 aromatic heterocycles. The quantitative estimate of drug-likeness (QED) is 0.686. The number of nitrogens with one attached hydrogen (secondary N) is 2. The molecule has 2 aromatic rings. The van der Waals surface area contributed by atoms with Gasteiger partial charge in [-0.05, 0) is 54.8 Å². The Hall–Kier alpha value is -2.48. The largest absolute Gasteiger partial charge is 0.364 e. The average Bonchev–Trinajstić information content (AvgIpc) is 3.16. The second-order valence-electron chi connectivity index (χ2n) is 6.44. The summed E-state index contributed by atoms with van der Waals surface area (Å²) in [4.78, 5) is 24.4. The molecule has 0 saturated carbocycles. The van der Waals surface area contributed by atoms with Crippen LogP contribution in [0.2, 0.25) is 0 Å². The van der Waals surface area contributed by atoms with E-state index in [1.807, 2.05) is 6.07 Å². The number of carbonyl (C=O) groups is 2. The minimum absolute atomic E-state index is 0. The number of amides is 2. The highest BCUT2D eigenvalue weighted by molar-refractivity contribution is 6.04. The van der Waals surface area contributed by atoms with Crippen LogP contribution >= 0.6 is 12.4 Å². The van der Waals surface area contributed by atoms with Crippen LogP contribution in [0, 0.1) is 5.82 Å². The normalized spacial score (nSPS) is 18.2. The lowest BCUT2D eigenvalue weighted by Crippen LogP contribution is -2.35. The molecule has 4 N–H and O–H groups in total. The number of rotatable bonds is 6. The van der Waals surface area contributed by atoms with Crippen molar-refractivity contribution in [3.05, 3.63) is 65.5 Å². The predicted octanol–water partition coefficient (Wildman–Crippen LogP) is 2.62. The van der Waals surface area contributed by atoms with Crippen molar-refractivity contribution in [2.24, 2.45) is 5.73 Å². The van der Waals surface area contributed by atoms with Crippen molar-refractivity contribution in [3.8, 4) is 0 Å². The van der Waals surface area contributed by atoms with Crippen LogP contribution < -0.4 is 16.4 Å². The van der Waals surface area contributed by atoms with Crippen LogP contribution in [0.25, 0.3) is 0 Å². The maximum atomic E-state index is 13.0. The highest BCUT2D eigenvalue weighted by atomic mass is 35.5. The summed E-state index contributed by atoms with van der Waals surface area (Å²) in [6.45, 7) is 0.742. The number of carbonyl (C=O) groups excluding carboxylic acids is 2. The third-order valence-corrected chi connectivity index (χ3v) is 4.42.